The number of para-hydroxylation sites is 1. The average Bonchev–Trinajstić information content (AvgIpc) is 2.71. The minimum absolute atomic E-state index is 0.246. The molecule has 0 aliphatic rings. The second kappa shape index (κ2) is 8.50. The number of amides is 2. The maximum Gasteiger partial charge on any atom is 0.273 e. The zero-order valence-electron chi connectivity index (χ0n) is 14.7. The highest BCUT2D eigenvalue weighted by atomic mass is 16.3. The van der Waals surface area contributed by atoms with Gasteiger partial charge in [0.2, 0.25) is 0 Å². The van der Waals surface area contributed by atoms with Crippen molar-refractivity contribution < 1.29 is 19.8 Å². The Morgan fingerprint density at radius 1 is 0.821 bits per heavy atom. The van der Waals surface area contributed by atoms with Crippen LogP contribution in [-0.2, 0) is 0 Å². The van der Waals surface area contributed by atoms with Gasteiger partial charge in [0.15, 0.2) is 11.5 Å². The molecule has 2 amide bonds. The molecule has 0 aromatic heterocycles. The van der Waals surface area contributed by atoms with Crippen LogP contribution in [0.15, 0.2) is 77.9 Å². The van der Waals surface area contributed by atoms with E-state index >= 15 is 0 Å². The summed E-state index contributed by atoms with van der Waals surface area (Å²) in [6.45, 7) is 0. The van der Waals surface area contributed by atoms with Gasteiger partial charge in [0.1, 0.15) is 0 Å². The molecule has 3 rings (SSSR count). The smallest absolute Gasteiger partial charge is 0.273 e. The largest absolute Gasteiger partial charge is 0.504 e. The third-order valence-electron chi connectivity index (χ3n) is 3.84. The van der Waals surface area contributed by atoms with E-state index in [1.54, 1.807) is 48.5 Å². The molecule has 4 N–H and O–H groups in total. The zero-order chi connectivity index (χ0) is 19.9. The Balaban J connectivity index is 1.71. The molecule has 0 radical (unpaired) electrons. The van der Waals surface area contributed by atoms with Gasteiger partial charge in [-0.2, -0.15) is 5.10 Å². The van der Waals surface area contributed by atoms with Crippen molar-refractivity contribution in [1.29, 1.82) is 0 Å². The van der Waals surface area contributed by atoms with E-state index in [4.69, 9.17) is 0 Å². The highest BCUT2D eigenvalue weighted by molar-refractivity contribution is 6.09. The lowest BCUT2D eigenvalue weighted by atomic mass is 10.1. The SMILES string of the molecule is O=C(Nc1ccccc1C(=O)N/N=C/c1ccc(O)c(O)c1)c1ccccc1. The van der Waals surface area contributed by atoms with Gasteiger partial charge in [0.25, 0.3) is 11.8 Å². The second-order valence-corrected chi connectivity index (χ2v) is 5.81. The number of nitrogens with zero attached hydrogens (tertiary/aromatic N) is 1. The number of anilines is 1. The molecule has 0 bridgehead atoms. The van der Waals surface area contributed by atoms with Gasteiger partial charge in [-0.3, -0.25) is 9.59 Å². The summed E-state index contributed by atoms with van der Waals surface area (Å²) < 4.78 is 0. The van der Waals surface area contributed by atoms with Crippen LogP contribution < -0.4 is 10.7 Å². The third kappa shape index (κ3) is 4.53. The number of phenolic OH excluding ortho intramolecular Hbond substituents is 2. The normalized spacial score (nSPS) is 10.6. The molecule has 0 heterocycles. The number of benzene rings is 3. The van der Waals surface area contributed by atoms with Crippen molar-refractivity contribution in [2.24, 2.45) is 5.10 Å². The van der Waals surface area contributed by atoms with E-state index in [0.717, 1.165) is 0 Å². The van der Waals surface area contributed by atoms with Gasteiger partial charge in [0.05, 0.1) is 17.5 Å². The number of rotatable bonds is 5. The Morgan fingerprint density at radius 2 is 1.54 bits per heavy atom. The van der Waals surface area contributed by atoms with Crippen LogP contribution in [0.3, 0.4) is 0 Å². The lowest BCUT2D eigenvalue weighted by Gasteiger charge is -2.10. The second-order valence-electron chi connectivity index (χ2n) is 5.81. The fourth-order valence-electron chi connectivity index (χ4n) is 2.42. The van der Waals surface area contributed by atoms with Gasteiger partial charge in [-0.25, -0.2) is 5.43 Å². The fraction of sp³-hybridized carbons (Fsp3) is 0. The Labute approximate surface area is 161 Å². The highest BCUT2D eigenvalue weighted by Gasteiger charge is 2.13. The number of nitrogens with one attached hydrogen (secondary N) is 2. The summed E-state index contributed by atoms with van der Waals surface area (Å²) in [5.41, 5.74) is 3.93. The van der Waals surface area contributed by atoms with E-state index in [1.807, 2.05) is 6.07 Å². The van der Waals surface area contributed by atoms with Crippen molar-refractivity contribution >= 4 is 23.7 Å². The quantitative estimate of drug-likeness (QED) is 0.312. The van der Waals surface area contributed by atoms with Crippen LogP contribution in [0.5, 0.6) is 11.5 Å². The summed E-state index contributed by atoms with van der Waals surface area (Å²) in [5, 5.41) is 25.3. The predicted molar refractivity (Wildman–Crippen MR) is 106 cm³/mol. The van der Waals surface area contributed by atoms with Gasteiger partial charge in [0, 0.05) is 5.56 Å². The molecule has 3 aromatic rings. The molecule has 0 aliphatic carbocycles. The zero-order valence-corrected chi connectivity index (χ0v) is 14.7. The molecule has 0 fully saturated rings. The van der Waals surface area contributed by atoms with Crippen molar-refractivity contribution in [2.75, 3.05) is 5.32 Å². The van der Waals surface area contributed by atoms with E-state index in [0.29, 0.717) is 16.8 Å². The Morgan fingerprint density at radius 3 is 2.29 bits per heavy atom. The van der Waals surface area contributed by atoms with E-state index in [2.05, 4.69) is 15.8 Å². The molecule has 0 saturated heterocycles. The van der Waals surface area contributed by atoms with Gasteiger partial charge in [-0.1, -0.05) is 30.3 Å². The topological polar surface area (TPSA) is 111 Å². The van der Waals surface area contributed by atoms with Crippen LogP contribution in [0.25, 0.3) is 0 Å². The molecule has 0 spiro atoms. The molecular formula is C21H17N3O4. The van der Waals surface area contributed by atoms with Crippen molar-refractivity contribution in [3.05, 3.63) is 89.5 Å². The van der Waals surface area contributed by atoms with Crippen LogP contribution in [-0.4, -0.2) is 28.2 Å². The molecule has 7 heteroatoms. The monoisotopic (exact) mass is 375 g/mol. The van der Waals surface area contributed by atoms with Crippen LogP contribution >= 0.6 is 0 Å². The van der Waals surface area contributed by atoms with Crippen LogP contribution in [0.4, 0.5) is 5.69 Å². The first-order valence-electron chi connectivity index (χ1n) is 8.35. The van der Waals surface area contributed by atoms with Crippen LogP contribution in [0.2, 0.25) is 0 Å². The first-order chi connectivity index (χ1) is 13.5. The first kappa shape index (κ1) is 18.7. The van der Waals surface area contributed by atoms with Crippen molar-refractivity contribution in [3.8, 4) is 11.5 Å². The van der Waals surface area contributed by atoms with Crippen LogP contribution in [0, 0.1) is 0 Å². The summed E-state index contributed by atoms with van der Waals surface area (Å²) in [4.78, 5) is 24.8. The Bertz CT molecular complexity index is 1030. The summed E-state index contributed by atoms with van der Waals surface area (Å²) in [6.07, 6.45) is 1.32. The number of phenols is 2. The molecule has 0 saturated carbocycles. The standard InChI is InChI=1S/C21H17N3O4/c25-18-11-10-14(12-19(18)26)13-22-24-21(28)16-8-4-5-9-17(16)23-20(27)15-6-2-1-3-7-15/h1-13,25-26H,(H,23,27)(H,24,28)/b22-13+. The average molecular weight is 375 g/mol. The molecule has 0 unspecified atom stereocenters. The third-order valence-corrected chi connectivity index (χ3v) is 3.84. The van der Waals surface area contributed by atoms with Crippen molar-refractivity contribution in [3.63, 3.8) is 0 Å². The molecule has 28 heavy (non-hydrogen) atoms. The molecule has 0 atom stereocenters. The van der Waals surface area contributed by atoms with Gasteiger partial charge in [-0.05, 0) is 48.0 Å². The highest BCUT2D eigenvalue weighted by Crippen LogP contribution is 2.24. The number of carbonyl (C=O) groups excluding carboxylic acids is 2. The minimum atomic E-state index is -0.511. The summed E-state index contributed by atoms with van der Waals surface area (Å²) >= 11 is 0. The number of aromatic hydroxyl groups is 2. The summed E-state index contributed by atoms with van der Waals surface area (Å²) in [7, 11) is 0. The molecule has 7 nitrogen and oxygen atoms in total. The number of carbonyl (C=O) groups is 2. The van der Waals surface area contributed by atoms with E-state index in [1.165, 1.54) is 24.4 Å². The number of hydrazone groups is 1. The molecule has 0 aliphatic heterocycles. The number of hydrogen-bond acceptors (Lipinski definition) is 5. The lowest BCUT2D eigenvalue weighted by molar-refractivity contribution is 0.0956. The Hall–Kier alpha value is -4.13. The lowest BCUT2D eigenvalue weighted by Crippen LogP contribution is -2.21. The van der Waals surface area contributed by atoms with Gasteiger partial charge >= 0.3 is 0 Å². The van der Waals surface area contributed by atoms with Crippen molar-refractivity contribution in [1.82, 2.24) is 5.43 Å². The van der Waals surface area contributed by atoms with Gasteiger partial charge in [-0.15, -0.1) is 0 Å². The molecule has 140 valence electrons. The van der Waals surface area contributed by atoms with E-state index in [-0.39, 0.29) is 23.0 Å². The predicted octanol–water partition coefficient (Wildman–Crippen LogP) is 3.11. The maximum absolute atomic E-state index is 12.4. The Kier molecular flexibility index (Phi) is 5.66. The number of hydrogen-bond donors (Lipinski definition) is 4. The summed E-state index contributed by atoms with van der Waals surface area (Å²) in [5.74, 6) is -1.37. The van der Waals surface area contributed by atoms with E-state index in [9.17, 15) is 19.8 Å². The van der Waals surface area contributed by atoms with Crippen LogP contribution in [0.1, 0.15) is 26.3 Å². The fourth-order valence-corrected chi connectivity index (χ4v) is 2.42. The van der Waals surface area contributed by atoms with Gasteiger partial charge < -0.3 is 15.5 Å². The molecule has 3 aromatic carbocycles. The first-order valence-corrected chi connectivity index (χ1v) is 8.35. The maximum atomic E-state index is 12.4. The summed E-state index contributed by atoms with van der Waals surface area (Å²) in [6, 6.07) is 19.4. The molecular weight excluding hydrogens is 358 g/mol. The van der Waals surface area contributed by atoms with Crippen molar-refractivity contribution in [2.45, 2.75) is 0 Å². The van der Waals surface area contributed by atoms with E-state index < -0.39 is 5.91 Å². The minimum Gasteiger partial charge on any atom is -0.504 e.